The summed E-state index contributed by atoms with van der Waals surface area (Å²) in [6, 6.07) is 5.41. The number of aliphatic carboxylic acids is 3. The van der Waals surface area contributed by atoms with Crippen LogP contribution in [-0.2, 0) is 14.4 Å². The molecular formula is C69H90Cl3N15O12. The Kier molecular flexibility index (Phi) is 24.9. The van der Waals surface area contributed by atoms with Crippen molar-refractivity contribution in [2.24, 2.45) is 35.5 Å². The Balaban J connectivity index is 0.000000161. The molecule has 6 aliphatic heterocycles. The van der Waals surface area contributed by atoms with E-state index in [4.69, 9.17) is 63.2 Å². The van der Waals surface area contributed by atoms with Gasteiger partial charge in [0.05, 0.1) is 128 Å². The zero-order valence-corrected chi connectivity index (χ0v) is 59.7. The van der Waals surface area contributed by atoms with Gasteiger partial charge in [0.2, 0.25) is 35.3 Å². The Morgan fingerprint density at radius 1 is 0.394 bits per heavy atom. The molecule has 99 heavy (non-hydrogen) atoms. The quantitative estimate of drug-likeness (QED) is 0.0603. The van der Waals surface area contributed by atoms with Crippen LogP contribution in [0.4, 0.5) is 34.5 Å². The van der Waals surface area contributed by atoms with Gasteiger partial charge in [-0.1, -0.05) is 76.3 Å². The topological polar surface area (TPSA) is 303 Å². The summed E-state index contributed by atoms with van der Waals surface area (Å²) in [6.45, 7) is 19.9. The molecule has 6 saturated heterocycles. The second kappa shape index (κ2) is 33.6. The van der Waals surface area contributed by atoms with Crippen LogP contribution in [0.1, 0.15) is 99.3 Å². The lowest BCUT2D eigenvalue weighted by atomic mass is 9.96. The Morgan fingerprint density at radius 3 is 0.879 bits per heavy atom. The number of anilines is 6. The van der Waals surface area contributed by atoms with E-state index in [9.17, 15) is 29.7 Å². The minimum atomic E-state index is -0.793. The van der Waals surface area contributed by atoms with E-state index in [0.29, 0.717) is 85.6 Å². The number of piperidine rings is 3. The molecule has 3 N–H and O–H groups in total. The summed E-state index contributed by atoms with van der Waals surface area (Å²) in [5.74, 6) is 4.77. The zero-order valence-electron chi connectivity index (χ0n) is 57.4. The maximum absolute atomic E-state index is 11.2. The number of ether oxygens (including phenoxy) is 6. The van der Waals surface area contributed by atoms with Crippen molar-refractivity contribution in [1.82, 2.24) is 44.9 Å². The van der Waals surface area contributed by atoms with Gasteiger partial charge < -0.3 is 73.1 Å². The molecule has 12 atom stereocenters. The van der Waals surface area contributed by atoms with Crippen LogP contribution in [0.5, 0.6) is 35.3 Å². The fourth-order valence-corrected chi connectivity index (χ4v) is 15.0. The van der Waals surface area contributed by atoms with Gasteiger partial charge in [0.25, 0.3) is 0 Å². The first kappa shape index (κ1) is 73.3. The highest BCUT2D eigenvalue weighted by molar-refractivity contribution is 6.33. The number of hydrogen-bond donors (Lipinski definition) is 3. The van der Waals surface area contributed by atoms with Crippen molar-refractivity contribution in [1.29, 1.82) is 0 Å². The predicted molar refractivity (Wildman–Crippen MR) is 376 cm³/mol. The number of carboxylic acid groups (broad SMARTS) is 3. The summed E-state index contributed by atoms with van der Waals surface area (Å²) < 4.78 is 34.2. The first-order valence-electron chi connectivity index (χ1n) is 33.8. The van der Waals surface area contributed by atoms with Crippen LogP contribution < -0.4 is 57.8 Å². The number of nitrogens with zero attached hydrogens (tertiary/aromatic N) is 15. The van der Waals surface area contributed by atoms with Crippen molar-refractivity contribution in [3.8, 4) is 35.3 Å². The normalized spacial score (nSPS) is 25.2. The standard InChI is InChI=1S/3C23H30ClN5O4/c3*1-14-6-16(7-23(30)31)29(12-14)20-10-27-22(11-25-20)33-19-4-5-28(13-15(19)2)18-8-21(32-3)26-9-17(18)24/h3*8-11,14-16,19H,4-7,12-13H2,1-3H3,(H,30,31)/t2*14-,15-,16+,19-;14-,15-,16-,19-/m111/s1. The molecule has 6 aliphatic rings. The number of halogens is 3. The van der Waals surface area contributed by atoms with Gasteiger partial charge in [0, 0.05) is 132 Å². The van der Waals surface area contributed by atoms with Gasteiger partial charge in [-0.15, -0.1) is 0 Å². The van der Waals surface area contributed by atoms with Gasteiger partial charge >= 0.3 is 17.9 Å². The number of pyridine rings is 3. The lowest BCUT2D eigenvalue weighted by Crippen LogP contribution is -2.44. The van der Waals surface area contributed by atoms with Crippen molar-refractivity contribution in [3.63, 3.8) is 0 Å². The SMILES string of the molecule is COc1cc(N2CC[C@@H](Oc3cnc(N4C[C@H](C)C[C@@H]4CC(=O)O)cn3)[C@H](C)C2)c(Cl)cn1.COc1cc(N2CC[C@@H](Oc3cnc(N4C[C@H](C)C[C@H]4CC(=O)O)cn3)[C@H](C)C2)c(Cl)cn1.COc1cc(N2CC[C@@H](Oc3cnc(N4C[C@H](C)C[C@H]4CC(=O)O)cn3)[C@H](C)C2)c(Cl)cn1. The second-order valence-corrected chi connectivity index (χ2v) is 28.2. The first-order valence-corrected chi connectivity index (χ1v) is 34.9. The van der Waals surface area contributed by atoms with E-state index < -0.39 is 17.9 Å². The van der Waals surface area contributed by atoms with Crippen LogP contribution in [0.2, 0.25) is 15.1 Å². The molecule has 0 saturated carbocycles. The largest absolute Gasteiger partial charge is 0.481 e. The fourth-order valence-electron chi connectivity index (χ4n) is 14.3. The maximum Gasteiger partial charge on any atom is 0.305 e. The maximum atomic E-state index is 11.2. The number of aromatic nitrogens is 9. The number of carbonyl (C=O) groups is 3. The van der Waals surface area contributed by atoms with Gasteiger partial charge in [0.15, 0.2) is 0 Å². The lowest BCUT2D eigenvalue weighted by Gasteiger charge is -2.38. The monoisotopic (exact) mass is 1430 g/mol. The molecule has 0 aliphatic carbocycles. The molecular weight excluding hydrogens is 1340 g/mol. The van der Waals surface area contributed by atoms with E-state index >= 15 is 0 Å². The smallest absolute Gasteiger partial charge is 0.305 e. The van der Waals surface area contributed by atoms with Crippen LogP contribution in [0.3, 0.4) is 0 Å². The van der Waals surface area contributed by atoms with Gasteiger partial charge in [-0.25, -0.2) is 44.9 Å². The number of carboxylic acids is 3. The van der Waals surface area contributed by atoms with Crippen LogP contribution in [-0.4, -0.2) is 195 Å². The molecule has 0 spiro atoms. The lowest BCUT2D eigenvalue weighted by molar-refractivity contribution is -0.138. The van der Waals surface area contributed by atoms with E-state index in [2.05, 4.69) is 101 Å². The molecule has 6 fully saturated rings. The zero-order chi connectivity index (χ0) is 70.6. The van der Waals surface area contributed by atoms with Crippen LogP contribution in [0.25, 0.3) is 0 Å². The van der Waals surface area contributed by atoms with Gasteiger partial charge in [0.1, 0.15) is 35.8 Å². The number of methoxy groups -OCH3 is 3. The van der Waals surface area contributed by atoms with E-state index in [1.807, 2.05) is 32.9 Å². The van der Waals surface area contributed by atoms with Crippen molar-refractivity contribution >= 4 is 87.2 Å². The molecule has 6 aromatic rings. The number of hydrogen-bond acceptors (Lipinski definition) is 24. The summed E-state index contributed by atoms with van der Waals surface area (Å²) in [5.41, 5.74) is 2.73. The van der Waals surface area contributed by atoms with E-state index in [-0.39, 0.29) is 73.5 Å². The molecule has 534 valence electrons. The molecule has 0 unspecified atom stereocenters. The average Bonchev–Trinajstić information content (AvgIpc) is 1.82. The van der Waals surface area contributed by atoms with Crippen molar-refractivity contribution in [3.05, 3.63) is 89.0 Å². The average molecular weight is 1430 g/mol. The van der Waals surface area contributed by atoms with Gasteiger partial charge in [-0.05, 0) is 37.0 Å². The molecule has 6 aromatic heterocycles. The highest BCUT2D eigenvalue weighted by atomic mass is 35.5. The fraction of sp³-hybridized carbons (Fsp3) is 0.565. The summed E-state index contributed by atoms with van der Waals surface area (Å²) in [6.07, 6.45) is 20.1. The second-order valence-electron chi connectivity index (χ2n) is 27.0. The summed E-state index contributed by atoms with van der Waals surface area (Å²) in [5, 5.41) is 29.4. The van der Waals surface area contributed by atoms with Gasteiger partial charge in [-0.2, -0.15) is 0 Å². The van der Waals surface area contributed by atoms with E-state index in [1.165, 1.54) is 0 Å². The molecule has 27 nitrogen and oxygen atoms in total. The number of rotatable bonds is 21. The minimum Gasteiger partial charge on any atom is -0.481 e. The van der Waals surface area contributed by atoms with E-state index in [1.54, 1.807) is 77.1 Å². The predicted octanol–water partition coefficient (Wildman–Crippen LogP) is 10.6. The van der Waals surface area contributed by atoms with Crippen molar-refractivity contribution in [2.45, 2.75) is 136 Å². The van der Waals surface area contributed by atoms with Crippen LogP contribution in [0.15, 0.2) is 74.0 Å². The van der Waals surface area contributed by atoms with Gasteiger partial charge in [-0.3, -0.25) is 14.4 Å². The Hall–Kier alpha value is -8.43. The molecule has 0 aromatic carbocycles. The highest BCUT2D eigenvalue weighted by Crippen LogP contribution is 2.39. The van der Waals surface area contributed by atoms with Crippen LogP contribution >= 0.6 is 34.8 Å². The Labute approximate surface area is 592 Å². The van der Waals surface area contributed by atoms with Crippen LogP contribution in [0, 0.1) is 35.5 Å². The summed E-state index contributed by atoms with van der Waals surface area (Å²) in [4.78, 5) is 85.9. The summed E-state index contributed by atoms with van der Waals surface area (Å²) >= 11 is 19.1. The molecule has 0 amide bonds. The van der Waals surface area contributed by atoms with E-state index in [0.717, 1.165) is 114 Å². The first-order chi connectivity index (χ1) is 47.5. The third-order valence-corrected chi connectivity index (χ3v) is 20.1. The summed E-state index contributed by atoms with van der Waals surface area (Å²) in [7, 11) is 4.77. The Morgan fingerprint density at radius 2 is 0.657 bits per heavy atom. The molecule has 0 radical (unpaired) electrons. The molecule has 12 heterocycles. The molecule has 0 bridgehead atoms. The highest BCUT2D eigenvalue weighted by Gasteiger charge is 2.38. The molecule has 30 heteroatoms. The third-order valence-electron chi connectivity index (χ3n) is 19.2. The van der Waals surface area contributed by atoms with Crippen molar-refractivity contribution < 1.29 is 58.1 Å². The Bertz CT molecular complexity index is 3300. The third kappa shape index (κ3) is 19.1. The van der Waals surface area contributed by atoms with Crippen molar-refractivity contribution in [2.75, 3.05) is 110 Å². The minimum absolute atomic E-state index is 0.00970. The molecule has 12 rings (SSSR count).